The molecule has 0 saturated heterocycles. The summed E-state index contributed by atoms with van der Waals surface area (Å²) in [5.74, 6) is -0.911. The van der Waals surface area contributed by atoms with Gasteiger partial charge in [0.25, 0.3) is 0 Å². The van der Waals surface area contributed by atoms with Gasteiger partial charge in [0, 0.05) is 12.6 Å². The second kappa shape index (κ2) is 4.28. The van der Waals surface area contributed by atoms with E-state index in [1.54, 1.807) is 6.08 Å². The molecule has 1 aromatic carbocycles. The molecule has 0 spiro atoms. The van der Waals surface area contributed by atoms with Gasteiger partial charge in [-0.25, -0.2) is 4.79 Å². The van der Waals surface area contributed by atoms with Crippen molar-refractivity contribution in [2.24, 2.45) is 0 Å². The molecule has 0 fully saturated rings. The molecule has 3 heteroatoms. The minimum atomic E-state index is -0.911. The zero-order valence-electron chi connectivity index (χ0n) is 8.36. The van der Waals surface area contributed by atoms with E-state index in [2.05, 4.69) is 11.4 Å². The van der Waals surface area contributed by atoms with Gasteiger partial charge in [0.2, 0.25) is 0 Å². The predicted molar refractivity (Wildman–Crippen MR) is 58.5 cm³/mol. The SMILES string of the molecule is O=C(O)C=Cc1ccc2c(c1)CNCC2. The van der Waals surface area contributed by atoms with Gasteiger partial charge in [-0.1, -0.05) is 18.2 Å². The minimum Gasteiger partial charge on any atom is -0.478 e. The fraction of sp³-hybridized carbons (Fsp3) is 0.250. The molecular formula is C12H13NO2. The molecule has 0 bridgehead atoms. The van der Waals surface area contributed by atoms with Crippen LogP contribution in [-0.2, 0) is 17.8 Å². The average Bonchev–Trinajstić information content (AvgIpc) is 2.26. The number of carboxylic acid groups (broad SMARTS) is 1. The molecule has 78 valence electrons. The summed E-state index contributed by atoms with van der Waals surface area (Å²) in [4.78, 5) is 10.4. The molecule has 2 rings (SSSR count). The fourth-order valence-electron chi connectivity index (χ4n) is 1.77. The van der Waals surface area contributed by atoms with Crippen LogP contribution in [0.15, 0.2) is 24.3 Å². The predicted octanol–water partition coefficient (Wildman–Crippen LogP) is 1.43. The van der Waals surface area contributed by atoms with E-state index in [0.29, 0.717) is 0 Å². The summed E-state index contributed by atoms with van der Waals surface area (Å²) in [6, 6.07) is 6.09. The monoisotopic (exact) mass is 203 g/mol. The zero-order valence-corrected chi connectivity index (χ0v) is 8.36. The van der Waals surface area contributed by atoms with Crippen molar-refractivity contribution in [3.63, 3.8) is 0 Å². The number of hydrogen-bond acceptors (Lipinski definition) is 2. The van der Waals surface area contributed by atoms with E-state index in [0.717, 1.165) is 31.1 Å². The zero-order chi connectivity index (χ0) is 10.7. The van der Waals surface area contributed by atoms with Crippen LogP contribution in [-0.4, -0.2) is 17.6 Å². The second-order valence-electron chi connectivity index (χ2n) is 3.63. The van der Waals surface area contributed by atoms with Crippen molar-refractivity contribution in [2.75, 3.05) is 6.54 Å². The van der Waals surface area contributed by atoms with E-state index in [4.69, 9.17) is 5.11 Å². The van der Waals surface area contributed by atoms with Crippen molar-refractivity contribution in [2.45, 2.75) is 13.0 Å². The Balaban J connectivity index is 2.24. The van der Waals surface area contributed by atoms with Gasteiger partial charge in [0.15, 0.2) is 0 Å². The van der Waals surface area contributed by atoms with Crippen LogP contribution in [0, 0.1) is 0 Å². The highest BCUT2D eigenvalue weighted by Crippen LogP contribution is 2.16. The van der Waals surface area contributed by atoms with Gasteiger partial charge in [-0.2, -0.15) is 0 Å². The number of fused-ring (bicyclic) bond motifs is 1. The number of aliphatic carboxylic acids is 1. The first-order valence-electron chi connectivity index (χ1n) is 4.99. The van der Waals surface area contributed by atoms with Crippen molar-refractivity contribution in [3.05, 3.63) is 41.0 Å². The summed E-state index contributed by atoms with van der Waals surface area (Å²) in [5, 5.41) is 11.8. The molecule has 1 aliphatic heterocycles. The van der Waals surface area contributed by atoms with E-state index in [1.165, 1.54) is 11.1 Å². The third-order valence-electron chi connectivity index (χ3n) is 2.54. The summed E-state index contributed by atoms with van der Waals surface area (Å²) in [6.45, 7) is 1.90. The van der Waals surface area contributed by atoms with E-state index in [1.807, 2.05) is 12.1 Å². The van der Waals surface area contributed by atoms with Crippen LogP contribution in [0.3, 0.4) is 0 Å². The molecule has 0 atom stereocenters. The van der Waals surface area contributed by atoms with Gasteiger partial charge in [-0.05, 0) is 35.7 Å². The normalized spacial score (nSPS) is 15.2. The molecule has 2 N–H and O–H groups in total. The Morgan fingerprint density at radius 1 is 1.40 bits per heavy atom. The number of hydrogen-bond donors (Lipinski definition) is 2. The van der Waals surface area contributed by atoms with Crippen molar-refractivity contribution in [1.29, 1.82) is 0 Å². The van der Waals surface area contributed by atoms with Gasteiger partial charge in [-0.15, -0.1) is 0 Å². The number of rotatable bonds is 2. The maximum absolute atomic E-state index is 10.4. The molecule has 0 radical (unpaired) electrons. The molecule has 1 aromatic rings. The first-order chi connectivity index (χ1) is 7.25. The molecule has 15 heavy (non-hydrogen) atoms. The van der Waals surface area contributed by atoms with Crippen molar-refractivity contribution in [1.82, 2.24) is 5.32 Å². The van der Waals surface area contributed by atoms with E-state index in [-0.39, 0.29) is 0 Å². The van der Waals surface area contributed by atoms with Crippen LogP contribution >= 0.6 is 0 Å². The summed E-state index contributed by atoms with van der Waals surface area (Å²) in [5.41, 5.74) is 3.58. The first-order valence-corrected chi connectivity index (χ1v) is 4.99. The summed E-state index contributed by atoms with van der Waals surface area (Å²) in [6.07, 6.45) is 3.84. The molecule has 0 unspecified atom stereocenters. The molecule has 1 aliphatic rings. The minimum absolute atomic E-state index is 0.879. The van der Waals surface area contributed by atoms with Gasteiger partial charge in [0.05, 0.1) is 0 Å². The highest BCUT2D eigenvalue weighted by molar-refractivity contribution is 5.85. The Morgan fingerprint density at radius 2 is 2.27 bits per heavy atom. The van der Waals surface area contributed by atoms with Crippen molar-refractivity contribution in [3.8, 4) is 0 Å². The molecule has 0 amide bonds. The van der Waals surface area contributed by atoms with Crippen LogP contribution in [0.1, 0.15) is 16.7 Å². The third-order valence-corrected chi connectivity index (χ3v) is 2.54. The summed E-state index contributed by atoms with van der Waals surface area (Å²) < 4.78 is 0. The van der Waals surface area contributed by atoms with E-state index in [9.17, 15) is 4.79 Å². The Kier molecular flexibility index (Phi) is 2.83. The first kappa shape index (κ1) is 9.93. The van der Waals surface area contributed by atoms with Crippen LogP contribution in [0.25, 0.3) is 6.08 Å². The number of carboxylic acids is 1. The Hall–Kier alpha value is -1.61. The lowest BCUT2D eigenvalue weighted by molar-refractivity contribution is -0.131. The molecule has 0 aromatic heterocycles. The maximum Gasteiger partial charge on any atom is 0.328 e. The van der Waals surface area contributed by atoms with E-state index < -0.39 is 5.97 Å². The average molecular weight is 203 g/mol. The maximum atomic E-state index is 10.4. The smallest absolute Gasteiger partial charge is 0.328 e. The van der Waals surface area contributed by atoms with Crippen LogP contribution in [0.2, 0.25) is 0 Å². The van der Waals surface area contributed by atoms with Crippen LogP contribution < -0.4 is 5.32 Å². The van der Waals surface area contributed by atoms with Gasteiger partial charge in [-0.3, -0.25) is 0 Å². The lowest BCUT2D eigenvalue weighted by atomic mass is 9.98. The molecule has 0 aliphatic carbocycles. The summed E-state index contributed by atoms with van der Waals surface area (Å²) >= 11 is 0. The lowest BCUT2D eigenvalue weighted by Gasteiger charge is -2.17. The third kappa shape index (κ3) is 2.44. The largest absolute Gasteiger partial charge is 0.478 e. The molecule has 3 nitrogen and oxygen atoms in total. The Bertz CT molecular complexity index is 410. The highest BCUT2D eigenvalue weighted by atomic mass is 16.4. The molecular weight excluding hydrogens is 190 g/mol. The lowest BCUT2D eigenvalue weighted by Crippen LogP contribution is -2.23. The highest BCUT2D eigenvalue weighted by Gasteiger charge is 2.07. The topological polar surface area (TPSA) is 49.3 Å². The second-order valence-corrected chi connectivity index (χ2v) is 3.63. The standard InChI is InChI=1S/C12H13NO2/c14-12(15)4-2-9-1-3-10-5-6-13-8-11(10)7-9/h1-4,7,13H,5-6,8H2,(H,14,15). The van der Waals surface area contributed by atoms with Crippen molar-refractivity contribution < 1.29 is 9.90 Å². The molecule has 1 heterocycles. The van der Waals surface area contributed by atoms with Crippen molar-refractivity contribution >= 4 is 12.0 Å². The van der Waals surface area contributed by atoms with Gasteiger partial charge in [0.1, 0.15) is 0 Å². The van der Waals surface area contributed by atoms with Gasteiger partial charge >= 0.3 is 5.97 Å². The number of carbonyl (C=O) groups is 1. The van der Waals surface area contributed by atoms with Crippen LogP contribution in [0.5, 0.6) is 0 Å². The number of nitrogens with one attached hydrogen (secondary N) is 1. The Labute approximate surface area is 88.4 Å². The van der Waals surface area contributed by atoms with Crippen LogP contribution in [0.4, 0.5) is 0 Å². The summed E-state index contributed by atoms with van der Waals surface area (Å²) in [7, 11) is 0. The molecule has 0 saturated carbocycles. The fourth-order valence-corrected chi connectivity index (χ4v) is 1.77. The Morgan fingerprint density at radius 3 is 3.07 bits per heavy atom. The number of benzene rings is 1. The van der Waals surface area contributed by atoms with Gasteiger partial charge < -0.3 is 10.4 Å². The quantitative estimate of drug-likeness (QED) is 0.715. The van der Waals surface area contributed by atoms with E-state index >= 15 is 0 Å².